The highest BCUT2D eigenvalue weighted by atomic mass is 35.5. The van der Waals surface area contributed by atoms with Crippen molar-refractivity contribution in [3.8, 4) is 0 Å². The fourth-order valence-corrected chi connectivity index (χ4v) is 1.28. The van der Waals surface area contributed by atoms with Gasteiger partial charge in [-0.1, -0.05) is 13.8 Å². The number of carbonyl (C=O) groups excluding carboxylic acids is 1. The van der Waals surface area contributed by atoms with Crippen LogP contribution in [-0.2, 0) is 9.53 Å². The maximum Gasteiger partial charge on any atom is 0.239 e. The van der Waals surface area contributed by atoms with Crippen molar-refractivity contribution in [2.24, 2.45) is 11.7 Å². The Bertz CT molecular complexity index is 182. The molecule has 1 fully saturated rings. The molecule has 0 aliphatic carbocycles. The molecule has 0 aromatic heterocycles. The Labute approximate surface area is 91.2 Å². The second kappa shape index (κ2) is 6.22. The molecule has 0 radical (unpaired) electrons. The molecule has 1 rings (SSSR count). The van der Waals surface area contributed by atoms with Crippen LogP contribution in [0, 0.1) is 5.92 Å². The van der Waals surface area contributed by atoms with Crippen LogP contribution in [0.15, 0.2) is 0 Å². The first-order chi connectivity index (χ1) is 6.13. The van der Waals surface area contributed by atoms with Crippen LogP contribution in [0.1, 0.15) is 13.8 Å². The van der Waals surface area contributed by atoms with Crippen LogP contribution in [0.2, 0.25) is 0 Å². The third-order valence-corrected chi connectivity index (χ3v) is 2.33. The van der Waals surface area contributed by atoms with Crippen molar-refractivity contribution in [1.82, 2.24) is 4.90 Å². The first kappa shape index (κ1) is 13.7. The van der Waals surface area contributed by atoms with E-state index in [-0.39, 0.29) is 30.3 Å². The minimum atomic E-state index is -0.363. The lowest BCUT2D eigenvalue weighted by atomic mass is 10.0. The van der Waals surface area contributed by atoms with Gasteiger partial charge in [-0.25, -0.2) is 0 Å². The number of amides is 1. The van der Waals surface area contributed by atoms with Gasteiger partial charge in [-0.15, -0.1) is 12.4 Å². The summed E-state index contributed by atoms with van der Waals surface area (Å²) in [5.41, 5.74) is 5.76. The Morgan fingerprint density at radius 1 is 1.36 bits per heavy atom. The molecular formula is C9H19ClN2O2. The summed E-state index contributed by atoms with van der Waals surface area (Å²) in [5.74, 6) is 0.258. The second-order valence-electron chi connectivity index (χ2n) is 3.71. The molecule has 0 aromatic rings. The lowest BCUT2D eigenvalue weighted by Crippen LogP contribution is -2.50. The summed E-state index contributed by atoms with van der Waals surface area (Å²) in [5, 5.41) is 0. The maximum absolute atomic E-state index is 11.7. The number of carbonyl (C=O) groups is 1. The summed E-state index contributed by atoms with van der Waals surface area (Å²) in [4.78, 5) is 13.5. The van der Waals surface area contributed by atoms with Crippen molar-refractivity contribution in [1.29, 1.82) is 0 Å². The molecule has 1 heterocycles. The fraction of sp³-hybridized carbons (Fsp3) is 0.889. The molecule has 0 spiro atoms. The highest BCUT2D eigenvalue weighted by Crippen LogP contribution is 2.05. The maximum atomic E-state index is 11.7. The molecular weight excluding hydrogens is 204 g/mol. The van der Waals surface area contributed by atoms with Gasteiger partial charge in [0.05, 0.1) is 19.3 Å². The highest BCUT2D eigenvalue weighted by molar-refractivity contribution is 5.85. The average molecular weight is 223 g/mol. The fourth-order valence-electron chi connectivity index (χ4n) is 1.28. The number of nitrogens with zero attached hydrogens (tertiary/aromatic N) is 1. The largest absolute Gasteiger partial charge is 0.378 e. The van der Waals surface area contributed by atoms with Crippen LogP contribution < -0.4 is 5.73 Å². The molecule has 1 unspecified atom stereocenters. The van der Waals surface area contributed by atoms with Crippen LogP contribution in [0.25, 0.3) is 0 Å². The number of hydrogen-bond donors (Lipinski definition) is 1. The summed E-state index contributed by atoms with van der Waals surface area (Å²) in [7, 11) is 0. The van der Waals surface area contributed by atoms with E-state index in [1.54, 1.807) is 4.90 Å². The van der Waals surface area contributed by atoms with E-state index in [4.69, 9.17) is 10.5 Å². The lowest BCUT2D eigenvalue weighted by molar-refractivity contribution is -0.137. The number of rotatable bonds is 2. The zero-order valence-corrected chi connectivity index (χ0v) is 9.55. The minimum Gasteiger partial charge on any atom is -0.378 e. The smallest absolute Gasteiger partial charge is 0.239 e. The monoisotopic (exact) mass is 222 g/mol. The number of halogens is 1. The second-order valence-corrected chi connectivity index (χ2v) is 3.71. The summed E-state index contributed by atoms with van der Waals surface area (Å²) >= 11 is 0. The van der Waals surface area contributed by atoms with Gasteiger partial charge in [-0.2, -0.15) is 0 Å². The predicted molar refractivity (Wildman–Crippen MR) is 57.5 cm³/mol. The topological polar surface area (TPSA) is 55.6 Å². The van der Waals surface area contributed by atoms with Crippen molar-refractivity contribution < 1.29 is 9.53 Å². The third kappa shape index (κ3) is 3.44. The zero-order chi connectivity index (χ0) is 9.84. The van der Waals surface area contributed by atoms with Crippen LogP contribution in [0.4, 0.5) is 0 Å². The van der Waals surface area contributed by atoms with Gasteiger partial charge in [0.1, 0.15) is 0 Å². The predicted octanol–water partition coefficient (Wildman–Crippen LogP) is 0.250. The summed E-state index contributed by atoms with van der Waals surface area (Å²) in [6.45, 7) is 6.55. The Kier molecular flexibility index (Phi) is 6.08. The molecule has 1 aliphatic heterocycles. The molecule has 1 atom stereocenters. The van der Waals surface area contributed by atoms with Gasteiger partial charge in [0.15, 0.2) is 0 Å². The third-order valence-electron chi connectivity index (χ3n) is 2.33. The Balaban J connectivity index is 0.00000169. The van der Waals surface area contributed by atoms with Crippen LogP contribution >= 0.6 is 12.4 Å². The SMILES string of the molecule is CC(C)C(N)C(=O)N1CCOCC1.Cl. The zero-order valence-electron chi connectivity index (χ0n) is 8.73. The number of ether oxygens (including phenoxy) is 1. The molecule has 84 valence electrons. The standard InChI is InChI=1S/C9H18N2O2.ClH/c1-7(2)8(10)9(12)11-3-5-13-6-4-11;/h7-8H,3-6,10H2,1-2H3;1H. The van der Waals surface area contributed by atoms with Crippen LogP contribution in [0.3, 0.4) is 0 Å². The number of morpholine rings is 1. The first-order valence-corrected chi connectivity index (χ1v) is 4.75. The normalized spacial score (nSPS) is 19.0. The summed E-state index contributed by atoms with van der Waals surface area (Å²) < 4.78 is 5.16. The quantitative estimate of drug-likeness (QED) is 0.729. The molecule has 1 amide bonds. The van der Waals surface area contributed by atoms with E-state index in [1.165, 1.54) is 0 Å². The molecule has 5 heteroatoms. The van der Waals surface area contributed by atoms with Crippen molar-refractivity contribution in [3.05, 3.63) is 0 Å². The molecule has 0 bridgehead atoms. The number of nitrogens with two attached hydrogens (primary N) is 1. The molecule has 4 nitrogen and oxygen atoms in total. The molecule has 1 aliphatic rings. The van der Waals surface area contributed by atoms with E-state index in [2.05, 4.69) is 0 Å². The first-order valence-electron chi connectivity index (χ1n) is 4.75. The molecule has 1 saturated heterocycles. The van der Waals surface area contributed by atoms with E-state index in [1.807, 2.05) is 13.8 Å². The van der Waals surface area contributed by atoms with E-state index in [9.17, 15) is 4.79 Å². The molecule has 0 saturated carbocycles. The van der Waals surface area contributed by atoms with E-state index >= 15 is 0 Å². The summed E-state index contributed by atoms with van der Waals surface area (Å²) in [6, 6.07) is -0.363. The molecule has 2 N–H and O–H groups in total. The highest BCUT2D eigenvalue weighted by Gasteiger charge is 2.24. The van der Waals surface area contributed by atoms with Crippen LogP contribution in [0.5, 0.6) is 0 Å². The van der Waals surface area contributed by atoms with E-state index < -0.39 is 0 Å². The molecule has 14 heavy (non-hydrogen) atoms. The van der Waals surface area contributed by atoms with E-state index in [0.717, 1.165) is 0 Å². The van der Waals surface area contributed by atoms with Gasteiger partial charge in [0.2, 0.25) is 5.91 Å². The average Bonchev–Trinajstić information content (AvgIpc) is 2.17. The minimum absolute atomic E-state index is 0. The van der Waals surface area contributed by atoms with Crippen molar-refractivity contribution in [2.75, 3.05) is 26.3 Å². The van der Waals surface area contributed by atoms with Gasteiger partial charge in [-0.3, -0.25) is 4.79 Å². The van der Waals surface area contributed by atoms with Gasteiger partial charge in [0, 0.05) is 13.1 Å². The van der Waals surface area contributed by atoms with Crippen molar-refractivity contribution in [3.63, 3.8) is 0 Å². The summed E-state index contributed by atoms with van der Waals surface area (Å²) in [6.07, 6.45) is 0. The van der Waals surface area contributed by atoms with Gasteiger partial charge in [0.25, 0.3) is 0 Å². The Hall–Kier alpha value is -0.320. The van der Waals surface area contributed by atoms with Gasteiger partial charge in [-0.05, 0) is 5.92 Å². The Morgan fingerprint density at radius 2 is 1.86 bits per heavy atom. The van der Waals surface area contributed by atoms with Crippen LogP contribution in [-0.4, -0.2) is 43.2 Å². The van der Waals surface area contributed by atoms with Crippen molar-refractivity contribution in [2.45, 2.75) is 19.9 Å². The van der Waals surface area contributed by atoms with Gasteiger partial charge < -0.3 is 15.4 Å². The Morgan fingerprint density at radius 3 is 2.29 bits per heavy atom. The van der Waals surface area contributed by atoms with E-state index in [0.29, 0.717) is 26.3 Å². The van der Waals surface area contributed by atoms with Gasteiger partial charge >= 0.3 is 0 Å². The number of hydrogen-bond acceptors (Lipinski definition) is 3. The van der Waals surface area contributed by atoms with Crippen molar-refractivity contribution >= 4 is 18.3 Å². The lowest BCUT2D eigenvalue weighted by Gasteiger charge is -2.30. The molecule has 0 aromatic carbocycles.